The van der Waals surface area contributed by atoms with E-state index in [2.05, 4.69) is 53.4 Å². The van der Waals surface area contributed by atoms with Crippen LogP contribution in [0.25, 0.3) is 11.6 Å². The quantitative estimate of drug-likeness (QED) is 0.216. The number of H-pyrrole nitrogens is 2. The van der Waals surface area contributed by atoms with Gasteiger partial charge in [-0.05, 0) is 68.0 Å². The van der Waals surface area contributed by atoms with E-state index in [0.717, 1.165) is 57.4 Å². The Kier molecular flexibility index (Phi) is 7.37. The van der Waals surface area contributed by atoms with Gasteiger partial charge in [0.2, 0.25) is 0 Å². The number of hydrogen-bond donors (Lipinski definition) is 6. The summed E-state index contributed by atoms with van der Waals surface area (Å²) < 4.78 is 5.21. The van der Waals surface area contributed by atoms with Crippen molar-refractivity contribution in [3.8, 4) is 12.3 Å². The molecule has 5 atom stereocenters. The highest BCUT2D eigenvalue weighted by Gasteiger charge is 2.48. The Morgan fingerprint density at radius 3 is 2.50 bits per heavy atom. The summed E-state index contributed by atoms with van der Waals surface area (Å²) in [6.07, 6.45) is 10.9. The van der Waals surface area contributed by atoms with Crippen LogP contribution in [0.15, 0.2) is 34.4 Å². The van der Waals surface area contributed by atoms with Crippen LogP contribution in [0.5, 0.6) is 0 Å². The number of aliphatic hydroxyl groups excluding tert-OH is 1. The monoisotopic (exact) mass is 596 g/mol. The number of aromatic nitrogens is 2. The second-order valence-electron chi connectivity index (χ2n) is 12.4. The van der Waals surface area contributed by atoms with Crippen LogP contribution in [0.3, 0.4) is 0 Å². The Morgan fingerprint density at radius 2 is 1.84 bits per heavy atom. The first kappa shape index (κ1) is 29.6. The van der Waals surface area contributed by atoms with Gasteiger partial charge >= 0.3 is 11.9 Å². The molecule has 0 amide bonds. The summed E-state index contributed by atoms with van der Waals surface area (Å²) in [4.78, 5) is 32.3. The van der Waals surface area contributed by atoms with Crippen molar-refractivity contribution in [1.82, 2.24) is 20.6 Å². The molecule has 0 spiro atoms. The molecule has 3 aliphatic heterocycles. The number of carbonyl (C=O) groups excluding carboxylic acids is 1. The van der Waals surface area contributed by atoms with E-state index in [1.165, 1.54) is 18.2 Å². The normalized spacial score (nSPS) is 28.2. The molecule has 9 heteroatoms. The van der Waals surface area contributed by atoms with E-state index in [-0.39, 0.29) is 24.2 Å². The minimum absolute atomic E-state index is 0.0336. The second-order valence-corrected chi connectivity index (χ2v) is 12.4. The Hall–Kier alpha value is -4.42. The fourth-order valence-electron chi connectivity index (χ4n) is 7.69. The number of carbonyl (C=O) groups is 2. The zero-order valence-corrected chi connectivity index (χ0v) is 26.1. The zero-order chi connectivity index (χ0) is 31.6. The van der Waals surface area contributed by atoms with Crippen LogP contribution in [-0.4, -0.2) is 39.2 Å². The predicted octanol–water partition coefficient (Wildman–Crippen LogP) is 4.75. The third kappa shape index (κ3) is 4.43. The van der Waals surface area contributed by atoms with E-state index in [1.807, 2.05) is 19.9 Å². The number of aliphatic hydroxyl groups is 1. The van der Waals surface area contributed by atoms with Gasteiger partial charge in [-0.15, -0.1) is 6.42 Å². The lowest BCUT2D eigenvalue weighted by Crippen LogP contribution is -2.24. The van der Waals surface area contributed by atoms with Gasteiger partial charge in [0.15, 0.2) is 0 Å². The summed E-state index contributed by atoms with van der Waals surface area (Å²) in [6, 6.07) is 0. The van der Waals surface area contributed by atoms with Crippen LogP contribution < -0.4 is 10.6 Å². The number of rotatable bonds is 5. The molecule has 1 fully saturated rings. The van der Waals surface area contributed by atoms with Gasteiger partial charge in [-0.3, -0.25) is 9.59 Å². The lowest BCUT2D eigenvalue weighted by molar-refractivity contribution is -0.146. The van der Waals surface area contributed by atoms with Crippen LogP contribution in [0.1, 0.15) is 84.7 Å². The molecule has 1 aliphatic carbocycles. The number of carboxylic acids is 1. The first-order chi connectivity index (χ1) is 21.0. The van der Waals surface area contributed by atoms with Crippen molar-refractivity contribution in [2.75, 3.05) is 7.11 Å². The topological polar surface area (TPSA) is 139 Å². The number of hydrogen-bond acceptors (Lipinski definition) is 6. The van der Waals surface area contributed by atoms with E-state index in [9.17, 15) is 19.8 Å². The van der Waals surface area contributed by atoms with Gasteiger partial charge in [-0.2, -0.15) is 0 Å². The fraction of sp³-hybridized carbons (Fsp3) is 0.429. The second kappa shape index (κ2) is 10.9. The number of aromatic amines is 2. The molecule has 230 valence electrons. The molecule has 1 saturated heterocycles. The van der Waals surface area contributed by atoms with Crippen molar-refractivity contribution < 1.29 is 24.5 Å². The molecule has 8 bridgehead atoms. The smallest absolute Gasteiger partial charge is 0.316 e. The van der Waals surface area contributed by atoms with Gasteiger partial charge in [-0.25, -0.2) is 0 Å². The number of carboxylic acid groups (broad SMARTS) is 1. The summed E-state index contributed by atoms with van der Waals surface area (Å²) in [5, 5.41) is 28.5. The number of nitrogens with one attached hydrogen (secondary N) is 4. The number of fused-ring (bicyclic) bond motifs is 7. The van der Waals surface area contributed by atoms with Crippen molar-refractivity contribution >= 4 is 23.6 Å². The van der Waals surface area contributed by atoms with Gasteiger partial charge in [-0.1, -0.05) is 19.8 Å². The molecule has 44 heavy (non-hydrogen) atoms. The summed E-state index contributed by atoms with van der Waals surface area (Å²) in [5.74, 6) is 0.0160. The van der Waals surface area contributed by atoms with Crippen molar-refractivity contribution in [3.63, 3.8) is 0 Å². The molecule has 2 aromatic rings. The molecule has 0 aromatic carbocycles. The van der Waals surface area contributed by atoms with Gasteiger partial charge in [0, 0.05) is 75.7 Å². The van der Waals surface area contributed by atoms with E-state index in [1.54, 1.807) is 0 Å². The zero-order valence-electron chi connectivity index (χ0n) is 26.1. The summed E-state index contributed by atoms with van der Waals surface area (Å²) in [5.41, 5.74) is 12.8. The molecular weight excluding hydrogens is 556 g/mol. The molecule has 6 rings (SSSR count). The highest BCUT2D eigenvalue weighted by atomic mass is 16.5. The number of esters is 1. The Bertz CT molecular complexity index is 1760. The van der Waals surface area contributed by atoms with Crippen molar-refractivity contribution in [2.24, 2.45) is 23.7 Å². The molecule has 0 radical (unpaired) electrons. The van der Waals surface area contributed by atoms with Gasteiger partial charge < -0.3 is 35.6 Å². The number of ether oxygens (including phenoxy) is 1. The maximum atomic E-state index is 13.3. The highest BCUT2D eigenvalue weighted by molar-refractivity contribution is 5.94. The summed E-state index contributed by atoms with van der Waals surface area (Å²) in [7, 11) is 1.32. The van der Waals surface area contributed by atoms with Crippen LogP contribution in [0.4, 0.5) is 0 Å². The molecular formula is C35H40N4O5. The molecule has 0 unspecified atom stereocenters. The number of allylic oxidation sites excluding steroid dienone is 4. The average Bonchev–Trinajstić information content (AvgIpc) is 3.72. The van der Waals surface area contributed by atoms with Gasteiger partial charge in [0.1, 0.15) is 5.92 Å². The third-order valence-corrected chi connectivity index (χ3v) is 10.2. The maximum absolute atomic E-state index is 13.3. The van der Waals surface area contributed by atoms with Crippen LogP contribution in [0, 0.1) is 49.9 Å². The van der Waals surface area contributed by atoms with Crippen molar-refractivity contribution in [2.45, 2.75) is 66.4 Å². The Morgan fingerprint density at radius 1 is 1.09 bits per heavy atom. The van der Waals surface area contributed by atoms with Crippen LogP contribution in [0.2, 0.25) is 0 Å². The molecule has 9 nitrogen and oxygen atoms in total. The number of aliphatic carboxylic acids is 1. The maximum Gasteiger partial charge on any atom is 0.316 e. The van der Waals surface area contributed by atoms with E-state index >= 15 is 0 Å². The first-order valence-corrected chi connectivity index (χ1v) is 15.3. The van der Waals surface area contributed by atoms with E-state index < -0.39 is 24.0 Å². The van der Waals surface area contributed by atoms with Crippen LogP contribution >= 0.6 is 0 Å². The summed E-state index contributed by atoms with van der Waals surface area (Å²) >= 11 is 0. The van der Waals surface area contributed by atoms with Crippen LogP contribution in [-0.2, 0) is 27.2 Å². The SMILES string of the molecule is C#C[C@@H]1C2=Cc3[nH]c(c(CC)c3C)Cc3[nH]c4c(c3C)[C@H](O)[C@H](C(=O)OC)/C4=C3/N/C(=C\C(=C1C)N2)[C@@H](C)[C@@H]3CCC(=O)O. The number of terminal acetylenes is 1. The predicted molar refractivity (Wildman–Crippen MR) is 168 cm³/mol. The van der Waals surface area contributed by atoms with Gasteiger partial charge in [0.05, 0.1) is 24.8 Å². The van der Waals surface area contributed by atoms with Crippen molar-refractivity contribution in [3.05, 3.63) is 79.5 Å². The molecule has 6 N–H and O–H groups in total. The minimum Gasteiger partial charge on any atom is -0.481 e. The standard InChI is InChI=1S/C35H40N4O5/c1-8-19-15(3)22-12-24-17(5)21(10-11-28(40)41)32(38-24)30-31(35(43)44-7)34(42)29-18(6)25(39-33(29)30)14-27-20(9-2)16(4)23(37-27)13-26(19)36-22/h1,12-13,17,19,21,31,34,36-39,42H,9-11,14H2,2-7H3,(H,40,41)/b24-12-,26-13?,32-30-/t17-,19-,21-,31+,34-/m0/s1. The first-order valence-electron chi connectivity index (χ1n) is 15.3. The van der Waals surface area contributed by atoms with Crippen molar-refractivity contribution in [1.29, 1.82) is 0 Å². The van der Waals surface area contributed by atoms with Gasteiger partial charge in [0.25, 0.3) is 0 Å². The third-order valence-electron chi connectivity index (χ3n) is 10.2. The largest absolute Gasteiger partial charge is 0.481 e. The minimum atomic E-state index is -1.11. The fourth-order valence-corrected chi connectivity index (χ4v) is 7.69. The lowest BCUT2D eigenvalue weighted by Gasteiger charge is -2.21. The number of methoxy groups -OCH3 is 1. The molecule has 4 aliphatic rings. The van der Waals surface area contributed by atoms with E-state index in [4.69, 9.17) is 11.2 Å². The lowest BCUT2D eigenvalue weighted by atomic mass is 9.84. The molecule has 2 aromatic heterocycles. The highest BCUT2D eigenvalue weighted by Crippen LogP contribution is 2.52. The Balaban J connectivity index is 1.65. The summed E-state index contributed by atoms with van der Waals surface area (Å²) in [6.45, 7) is 10.3. The molecule has 5 heterocycles. The Labute approximate surface area is 257 Å². The molecule has 0 saturated carbocycles. The average molecular weight is 597 g/mol. The van der Waals surface area contributed by atoms with E-state index in [0.29, 0.717) is 29.7 Å².